The fourth-order valence-electron chi connectivity index (χ4n) is 2.55. The van der Waals surface area contributed by atoms with Gasteiger partial charge in [-0.25, -0.2) is 10.2 Å². The lowest BCUT2D eigenvalue weighted by atomic mass is 10.2. The highest BCUT2D eigenvalue weighted by Crippen LogP contribution is 2.23. The lowest BCUT2D eigenvalue weighted by Crippen LogP contribution is -2.34. The number of halogens is 3. The summed E-state index contributed by atoms with van der Waals surface area (Å²) in [7, 11) is 0. The number of amides is 2. The minimum Gasteiger partial charge on any atom is -0.423 e. The molecule has 0 heterocycles. The first-order valence-electron chi connectivity index (χ1n) is 9.45. The molecule has 0 saturated carbocycles. The number of ether oxygens (including phenoxy) is 1. The van der Waals surface area contributed by atoms with Crippen molar-refractivity contribution < 1.29 is 19.1 Å². The highest BCUT2D eigenvalue weighted by atomic mass is 35.5. The van der Waals surface area contributed by atoms with Crippen LogP contribution in [0.15, 0.2) is 71.8 Å². The average molecular weight is 505 g/mol. The molecule has 0 fully saturated rings. The first kappa shape index (κ1) is 24.3. The summed E-state index contributed by atoms with van der Waals surface area (Å²) in [5, 5.41) is 7.33. The molecule has 3 aromatic rings. The van der Waals surface area contributed by atoms with Gasteiger partial charge in [-0.15, -0.1) is 0 Å². The van der Waals surface area contributed by atoms with Crippen LogP contribution in [0.3, 0.4) is 0 Å². The van der Waals surface area contributed by atoms with Crippen molar-refractivity contribution in [2.24, 2.45) is 5.10 Å². The maximum Gasteiger partial charge on any atom is 0.345 e. The Balaban J connectivity index is 1.47. The summed E-state index contributed by atoms with van der Waals surface area (Å²) >= 11 is 17.7. The van der Waals surface area contributed by atoms with Gasteiger partial charge in [0.25, 0.3) is 11.8 Å². The Morgan fingerprint density at radius 2 is 1.64 bits per heavy atom. The molecule has 0 atom stereocenters. The molecule has 0 radical (unpaired) electrons. The van der Waals surface area contributed by atoms with E-state index in [1.54, 1.807) is 48.5 Å². The smallest absolute Gasteiger partial charge is 0.345 e. The Hall–Kier alpha value is -3.39. The summed E-state index contributed by atoms with van der Waals surface area (Å²) < 4.78 is 5.29. The van der Waals surface area contributed by atoms with Crippen molar-refractivity contribution in [1.29, 1.82) is 0 Å². The van der Waals surface area contributed by atoms with E-state index in [1.165, 1.54) is 24.4 Å². The lowest BCUT2D eigenvalue weighted by molar-refractivity contribution is -0.120. The van der Waals surface area contributed by atoms with Crippen LogP contribution in [0.4, 0.5) is 0 Å². The number of hydrazone groups is 1. The van der Waals surface area contributed by atoms with Gasteiger partial charge in [0.05, 0.1) is 23.3 Å². The fourth-order valence-corrected chi connectivity index (χ4v) is 3.23. The lowest BCUT2D eigenvalue weighted by Gasteiger charge is -2.06. The molecular formula is C23H16Cl3N3O4. The second-order valence-electron chi connectivity index (χ2n) is 6.57. The second-order valence-corrected chi connectivity index (χ2v) is 7.85. The summed E-state index contributed by atoms with van der Waals surface area (Å²) in [5.74, 6) is -1.25. The van der Waals surface area contributed by atoms with Crippen LogP contribution in [0, 0.1) is 0 Å². The third-order valence-corrected chi connectivity index (χ3v) is 4.92. The summed E-state index contributed by atoms with van der Waals surface area (Å²) in [5.41, 5.74) is 3.49. The zero-order chi connectivity index (χ0) is 23.8. The SMILES string of the molecule is O=C(CNC(=O)c1cccc(Cl)c1)N/N=C\c1ccc(OC(=O)c2ccc(Cl)cc2Cl)cc1. The molecule has 10 heteroatoms. The molecule has 2 N–H and O–H groups in total. The maximum absolute atomic E-state index is 12.2. The van der Waals surface area contributed by atoms with E-state index in [9.17, 15) is 14.4 Å². The van der Waals surface area contributed by atoms with Crippen molar-refractivity contribution in [2.45, 2.75) is 0 Å². The number of rotatable bonds is 7. The molecule has 0 aromatic heterocycles. The largest absolute Gasteiger partial charge is 0.423 e. The van der Waals surface area contributed by atoms with Crippen molar-refractivity contribution in [1.82, 2.24) is 10.7 Å². The standard InChI is InChI=1S/C23H16Cl3N3O4/c24-16-3-1-2-15(10-16)22(31)27-13-21(30)29-28-12-14-4-7-18(8-5-14)33-23(32)19-9-6-17(25)11-20(19)26/h1-12H,13H2,(H,27,31)(H,29,30)/b28-12-. The topological polar surface area (TPSA) is 96.9 Å². The van der Waals surface area contributed by atoms with Gasteiger partial charge in [0, 0.05) is 15.6 Å². The van der Waals surface area contributed by atoms with E-state index in [1.807, 2.05) is 0 Å². The summed E-state index contributed by atoms with van der Waals surface area (Å²) in [6.07, 6.45) is 1.40. The predicted molar refractivity (Wildman–Crippen MR) is 127 cm³/mol. The van der Waals surface area contributed by atoms with Gasteiger partial charge in [-0.05, 0) is 66.2 Å². The van der Waals surface area contributed by atoms with E-state index in [2.05, 4.69) is 15.8 Å². The molecule has 0 aliphatic heterocycles. The number of hydrogen-bond acceptors (Lipinski definition) is 5. The van der Waals surface area contributed by atoms with E-state index < -0.39 is 17.8 Å². The third kappa shape index (κ3) is 7.32. The van der Waals surface area contributed by atoms with Gasteiger partial charge in [0.2, 0.25) is 0 Å². The molecule has 0 aliphatic carbocycles. The number of nitrogens with one attached hydrogen (secondary N) is 2. The van der Waals surface area contributed by atoms with Gasteiger partial charge >= 0.3 is 5.97 Å². The van der Waals surface area contributed by atoms with Crippen molar-refractivity contribution in [3.63, 3.8) is 0 Å². The van der Waals surface area contributed by atoms with Crippen molar-refractivity contribution in [3.05, 3.63) is 98.5 Å². The minimum atomic E-state index is -0.620. The Labute approximate surface area is 204 Å². The van der Waals surface area contributed by atoms with E-state index in [0.717, 1.165) is 0 Å². The monoisotopic (exact) mass is 503 g/mol. The fraction of sp³-hybridized carbons (Fsp3) is 0.0435. The first-order chi connectivity index (χ1) is 15.8. The van der Waals surface area contributed by atoms with Crippen molar-refractivity contribution in [2.75, 3.05) is 6.54 Å². The third-order valence-electron chi connectivity index (χ3n) is 4.14. The highest BCUT2D eigenvalue weighted by Gasteiger charge is 2.13. The number of carbonyl (C=O) groups excluding carboxylic acids is 3. The van der Waals surface area contributed by atoms with Crippen LogP contribution >= 0.6 is 34.8 Å². The molecule has 2 amide bonds. The summed E-state index contributed by atoms with van der Waals surface area (Å²) in [6.45, 7) is -0.259. The quantitative estimate of drug-likeness (QED) is 0.210. The Morgan fingerprint density at radius 3 is 2.33 bits per heavy atom. The molecule has 7 nitrogen and oxygen atoms in total. The molecule has 0 bridgehead atoms. The van der Waals surface area contributed by atoms with Gasteiger partial charge in [0.15, 0.2) is 0 Å². The maximum atomic E-state index is 12.2. The summed E-state index contributed by atoms with van der Waals surface area (Å²) in [6, 6.07) is 17.3. The van der Waals surface area contributed by atoms with Crippen molar-refractivity contribution in [3.8, 4) is 5.75 Å². The van der Waals surface area contributed by atoms with Crippen LogP contribution in [0.25, 0.3) is 0 Å². The number of esters is 1. The Morgan fingerprint density at radius 1 is 0.909 bits per heavy atom. The number of benzene rings is 3. The van der Waals surface area contributed by atoms with Gasteiger partial charge in [-0.1, -0.05) is 40.9 Å². The minimum absolute atomic E-state index is 0.191. The molecular weight excluding hydrogens is 489 g/mol. The molecule has 168 valence electrons. The van der Waals surface area contributed by atoms with Gasteiger partial charge in [-0.3, -0.25) is 9.59 Å². The van der Waals surface area contributed by atoms with Crippen molar-refractivity contribution >= 4 is 58.8 Å². The number of carbonyl (C=O) groups is 3. The predicted octanol–water partition coefficient (Wildman–Crippen LogP) is 4.75. The van der Waals surface area contributed by atoms with Crippen LogP contribution in [0.5, 0.6) is 5.75 Å². The molecule has 0 saturated heterocycles. The first-order valence-corrected chi connectivity index (χ1v) is 10.6. The normalized spacial score (nSPS) is 10.6. The molecule has 0 aliphatic rings. The zero-order valence-electron chi connectivity index (χ0n) is 16.8. The number of hydrogen-bond donors (Lipinski definition) is 2. The van der Waals surface area contributed by atoms with Crippen LogP contribution in [-0.2, 0) is 4.79 Å². The molecule has 0 spiro atoms. The molecule has 0 unspecified atom stereocenters. The van der Waals surface area contributed by atoms with Gasteiger partial charge in [-0.2, -0.15) is 5.10 Å². The molecule has 3 aromatic carbocycles. The van der Waals surface area contributed by atoms with Crippen LogP contribution in [0.1, 0.15) is 26.3 Å². The van der Waals surface area contributed by atoms with E-state index in [4.69, 9.17) is 39.5 Å². The van der Waals surface area contributed by atoms with E-state index >= 15 is 0 Å². The van der Waals surface area contributed by atoms with E-state index in [-0.39, 0.29) is 17.1 Å². The van der Waals surface area contributed by atoms with E-state index in [0.29, 0.717) is 26.9 Å². The number of nitrogens with zero attached hydrogens (tertiary/aromatic N) is 1. The van der Waals surface area contributed by atoms with Crippen LogP contribution < -0.4 is 15.5 Å². The Kier molecular flexibility index (Phi) is 8.43. The van der Waals surface area contributed by atoms with Gasteiger partial charge in [0.1, 0.15) is 5.75 Å². The highest BCUT2D eigenvalue weighted by molar-refractivity contribution is 6.36. The Bertz CT molecular complexity index is 1210. The zero-order valence-corrected chi connectivity index (χ0v) is 19.1. The second kappa shape index (κ2) is 11.5. The van der Waals surface area contributed by atoms with Crippen LogP contribution in [0.2, 0.25) is 15.1 Å². The van der Waals surface area contributed by atoms with Crippen LogP contribution in [-0.4, -0.2) is 30.5 Å². The van der Waals surface area contributed by atoms with Gasteiger partial charge < -0.3 is 10.1 Å². The summed E-state index contributed by atoms with van der Waals surface area (Å²) in [4.78, 5) is 36.1. The average Bonchev–Trinajstić information content (AvgIpc) is 2.78. The molecule has 3 rings (SSSR count). The molecule has 33 heavy (non-hydrogen) atoms.